The predicted molar refractivity (Wildman–Crippen MR) is 83.6 cm³/mol. The first-order chi connectivity index (χ1) is 9.68. The maximum atomic E-state index is 5.94. The van der Waals surface area contributed by atoms with E-state index in [1.54, 1.807) is 14.2 Å². The van der Waals surface area contributed by atoms with Crippen LogP contribution in [-0.4, -0.2) is 45.3 Å². The number of hydrogen-bond acceptors (Lipinski definition) is 4. The van der Waals surface area contributed by atoms with Gasteiger partial charge in [-0.05, 0) is 55.7 Å². The van der Waals surface area contributed by atoms with Gasteiger partial charge in [0.25, 0.3) is 0 Å². The summed E-state index contributed by atoms with van der Waals surface area (Å²) in [6, 6.07) is 5.92. The van der Waals surface area contributed by atoms with Crippen LogP contribution in [0.2, 0.25) is 0 Å². The Hall–Kier alpha value is -1.26. The van der Waals surface area contributed by atoms with Crippen LogP contribution in [0.15, 0.2) is 18.2 Å². The topological polar surface area (TPSA) is 47.7 Å². The van der Waals surface area contributed by atoms with Gasteiger partial charge in [-0.2, -0.15) is 0 Å². The molecule has 2 N–H and O–H groups in total. The summed E-state index contributed by atoms with van der Waals surface area (Å²) in [5.41, 5.74) is 7.10. The number of nitrogens with zero attached hydrogens (tertiary/aromatic N) is 1. The quantitative estimate of drug-likeness (QED) is 0.753. The van der Waals surface area contributed by atoms with E-state index in [-0.39, 0.29) is 0 Å². The van der Waals surface area contributed by atoms with Crippen LogP contribution in [0, 0.1) is 5.92 Å². The second-order valence-electron chi connectivity index (χ2n) is 4.97. The van der Waals surface area contributed by atoms with Gasteiger partial charge in [-0.1, -0.05) is 13.8 Å². The fourth-order valence-corrected chi connectivity index (χ4v) is 2.42. The molecule has 1 aromatic carbocycles. The van der Waals surface area contributed by atoms with E-state index < -0.39 is 0 Å². The standard InChI is InChI=1S/C16H28N2O2/c1-5-18(6-2)12-13(11-17)9-14-10-15(19-3)7-8-16(14)20-4/h7-8,10,13H,5-6,9,11-12,17H2,1-4H3. The molecule has 0 saturated heterocycles. The van der Waals surface area contributed by atoms with Gasteiger partial charge in [0.05, 0.1) is 14.2 Å². The fraction of sp³-hybridized carbons (Fsp3) is 0.625. The monoisotopic (exact) mass is 280 g/mol. The van der Waals surface area contributed by atoms with Crippen molar-refractivity contribution in [2.45, 2.75) is 20.3 Å². The van der Waals surface area contributed by atoms with Crippen LogP contribution in [0.25, 0.3) is 0 Å². The second kappa shape index (κ2) is 8.82. The molecule has 0 bridgehead atoms. The molecule has 4 nitrogen and oxygen atoms in total. The van der Waals surface area contributed by atoms with Gasteiger partial charge in [-0.25, -0.2) is 0 Å². The fourth-order valence-electron chi connectivity index (χ4n) is 2.42. The molecular formula is C16H28N2O2. The molecule has 0 aliphatic carbocycles. The number of ether oxygens (including phenoxy) is 2. The molecule has 0 aliphatic rings. The summed E-state index contributed by atoms with van der Waals surface area (Å²) in [4.78, 5) is 2.41. The Labute approximate surface area is 122 Å². The van der Waals surface area contributed by atoms with Gasteiger partial charge in [-0.3, -0.25) is 0 Å². The maximum Gasteiger partial charge on any atom is 0.122 e. The predicted octanol–water partition coefficient (Wildman–Crippen LogP) is 2.16. The Balaban J connectivity index is 2.82. The third kappa shape index (κ3) is 4.69. The average Bonchev–Trinajstić information content (AvgIpc) is 2.51. The Morgan fingerprint density at radius 2 is 1.85 bits per heavy atom. The first kappa shape index (κ1) is 16.8. The molecule has 1 rings (SSSR count). The maximum absolute atomic E-state index is 5.94. The van der Waals surface area contributed by atoms with Crippen LogP contribution in [0.5, 0.6) is 11.5 Å². The lowest BCUT2D eigenvalue weighted by Gasteiger charge is -2.25. The zero-order valence-corrected chi connectivity index (χ0v) is 13.2. The van der Waals surface area contributed by atoms with Crippen LogP contribution in [-0.2, 0) is 6.42 Å². The molecular weight excluding hydrogens is 252 g/mol. The summed E-state index contributed by atoms with van der Waals surface area (Å²) in [5, 5.41) is 0. The number of rotatable bonds is 9. The van der Waals surface area contributed by atoms with Crippen LogP contribution >= 0.6 is 0 Å². The van der Waals surface area contributed by atoms with Crippen LogP contribution in [0.4, 0.5) is 0 Å². The lowest BCUT2D eigenvalue weighted by atomic mass is 9.97. The minimum atomic E-state index is 0.427. The highest BCUT2D eigenvalue weighted by molar-refractivity contribution is 5.40. The minimum Gasteiger partial charge on any atom is -0.497 e. The summed E-state index contributed by atoms with van der Waals surface area (Å²) < 4.78 is 10.7. The zero-order valence-electron chi connectivity index (χ0n) is 13.2. The normalized spacial score (nSPS) is 12.5. The Morgan fingerprint density at radius 1 is 1.15 bits per heavy atom. The van der Waals surface area contributed by atoms with E-state index in [2.05, 4.69) is 18.7 Å². The van der Waals surface area contributed by atoms with Gasteiger partial charge >= 0.3 is 0 Å². The summed E-state index contributed by atoms with van der Waals surface area (Å²) in [6.07, 6.45) is 0.910. The van der Waals surface area contributed by atoms with Crippen LogP contribution in [0.3, 0.4) is 0 Å². The van der Waals surface area contributed by atoms with Crippen LogP contribution < -0.4 is 15.2 Å². The molecule has 0 aromatic heterocycles. The van der Waals surface area contributed by atoms with Crippen molar-refractivity contribution in [3.8, 4) is 11.5 Å². The molecule has 0 fully saturated rings. The van der Waals surface area contributed by atoms with Crippen molar-refractivity contribution in [1.29, 1.82) is 0 Å². The highest BCUT2D eigenvalue weighted by Gasteiger charge is 2.15. The molecule has 0 heterocycles. The number of benzene rings is 1. The van der Waals surface area contributed by atoms with Crippen LogP contribution in [0.1, 0.15) is 19.4 Å². The summed E-state index contributed by atoms with van der Waals surface area (Å²) in [7, 11) is 3.38. The van der Waals surface area contributed by atoms with Crippen molar-refractivity contribution in [2.24, 2.45) is 11.7 Å². The zero-order chi connectivity index (χ0) is 15.0. The second-order valence-corrected chi connectivity index (χ2v) is 4.97. The van der Waals surface area contributed by atoms with E-state index in [9.17, 15) is 0 Å². The highest BCUT2D eigenvalue weighted by atomic mass is 16.5. The Kier molecular flexibility index (Phi) is 7.41. The van der Waals surface area contributed by atoms with E-state index in [1.807, 2.05) is 18.2 Å². The molecule has 0 aliphatic heterocycles. The summed E-state index contributed by atoms with van der Waals surface area (Å²) in [6.45, 7) is 8.18. The van der Waals surface area contributed by atoms with Crippen molar-refractivity contribution in [2.75, 3.05) is 40.4 Å². The lowest BCUT2D eigenvalue weighted by Crippen LogP contribution is -2.34. The Bertz CT molecular complexity index is 392. The van der Waals surface area contributed by atoms with Crippen molar-refractivity contribution in [1.82, 2.24) is 4.90 Å². The number of hydrogen-bond donors (Lipinski definition) is 1. The molecule has 0 radical (unpaired) electrons. The first-order valence-corrected chi connectivity index (χ1v) is 7.31. The van der Waals surface area contributed by atoms with E-state index in [0.717, 1.165) is 43.1 Å². The molecule has 20 heavy (non-hydrogen) atoms. The third-order valence-electron chi connectivity index (χ3n) is 3.74. The summed E-state index contributed by atoms with van der Waals surface area (Å²) >= 11 is 0. The SMILES string of the molecule is CCN(CC)CC(CN)Cc1cc(OC)ccc1OC. The molecule has 1 unspecified atom stereocenters. The number of methoxy groups -OCH3 is 2. The molecule has 4 heteroatoms. The molecule has 114 valence electrons. The van der Waals surface area contributed by atoms with Gasteiger partial charge in [0.2, 0.25) is 0 Å². The van der Waals surface area contributed by atoms with Gasteiger partial charge in [-0.15, -0.1) is 0 Å². The Morgan fingerprint density at radius 3 is 2.35 bits per heavy atom. The van der Waals surface area contributed by atoms with Gasteiger partial charge in [0.15, 0.2) is 0 Å². The molecule has 0 amide bonds. The van der Waals surface area contributed by atoms with E-state index in [4.69, 9.17) is 15.2 Å². The van der Waals surface area contributed by atoms with Crippen molar-refractivity contribution in [3.63, 3.8) is 0 Å². The smallest absolute Gasteiger partial charge is 0.122 e. The van der Waals surface area contributed by atoms with Crippen molar-refractivity contribution < 1.29 is 9.47 Å². The molecule has 0 spiro atoms. The largest absolute Gasteiger partial charge is 0.497 e. The molecule has 1 atom stereocenters. The third-order valence-corrected chi connectivity index (χ3v) is 3.74. The lowest BCUT2D eigenvalue weighted by molar-refractivity contribution is 0.252. The molecule has 0 saturated carbocycles. The minimum absolute atomic E-state index is 0.427. The average molecular weight is 280 g/mol. The van der Waals surface area contributed by atoms with Gasteiger partial charge in [0, 0.05) is 6.54 Å². The first-order valence-electron chi connectivity index (χ1n) is 7.31. The van der Waals surface area contributed by atoms with Gasteiger partial charge in [0.1, 0.15) is 11.5 Å². The van der Waals surface area contributed by atoms with E-state index in [1.165, 1.54) is 0 Å². The van der Waals surface area contributed by atoms with Crippen molar-refractivity contribution in [3.05, 3.63) is 23.8 Å². The van der Waals surface area contributed by atoms with Gasteiger partial charge < -0.3 is 20.1 Å². The highest BCUT2D eigenvalue weighted by Crippen LogP contribution is 2.26. The van der Waals surface area contributed by atoms with E-state index in [0.29, 0.717) is 12.5 Å². The number of nitrogens with two attached hydrogens (primary N) is 1. The van der Waals surface area contributed by atoms with E-state index >= 15 is 0 Å². The van der Waals surface area contributed by atoms with Crippen molar-refractivity contribution >= 4 is 0 Å². The summed E-state index contributed by atoms with van der Waals surface area (Å²) in [5.74, 6) is 2.19. The molecule has 1 aromatic rings.